The highest BCUT2D eigenvalue weighted by atomic mass is 32.2. The number of rotatable bonds is 8. The van der Waals surface area contributed by atoms with Crippen LogP contribution in [0.5, 0.6) is 17.2 Å². The molecule has 0 saturated carbocycles. The molecule has 1 atom stereocenters. The van der Waals surface area contributed by atoms with E-state index in [0.29, 0.717) is 35.8 Å². The van der Waals surface area contributed by atoms with Crippen LogP contribution < -0.4 is 19.0 Å². The van der Waals surface area contributed by atoms with Crippen LogP contribution in [0.25, 0.3) is 0 Å². The summed E-state index contributed by atoms with van der Waals surface area (Å²) < 4.78 is 42.2. The second-order valence-electron chi connectivity index (χ2n) is 9.22. The Balaban J connectivity index is 1.49. The van der Waals surface area contributed by atoms with Gasteiger partial charge in [-0.1, -0.05) is 26.0 Å². The Bertz CT molecular complexity index is 1450. The first-order valence-corrected chi connectivity index (χ1v) is 13.5. The fourth-order valence-corrected chi connectivity index (χ4v) is 5.22. The van der Waals surface area contributed by atoms with E-state index < -0.39 is 15.0 Å². The van der Waals surface area contributed by atoms with Crippen LogP contribution >= 0.6 is 0 Å². The molecule has 1 N–H and O–H groups in total. The molecule has 0 unspecified atom stereocenters. The molecule has 11 heteroatoms. The van der Waals surface area contributed by atoms with E-state index in [-0.39, 0.29) is 34.2 Å². The van der Waals surface area contributed by atoms with Crippen molar-refractivity contribution in [2.24, 2.45) is 5.92 Å². The van der Waals surface area contributed by atoms with Crippen molar-refractivity contribution in [3.8, 4) is 17.2 Å². The number of nitrogens with zero attached hydrogens (tertiary/aromatic N) is 1. The first-order valence-electron chi connectivity index (χ1n) is 12.0. The summed E-state index contributed by atoms with van der Waals surface area (Å²) in [5.41, 5.74) is 1.12. The molecule has 0 fully saturated rings. The number of non-ortho nitro benzene ring substituents is 1. The van der Waals surface area contributed by atoms with Gasteiger partial charge in [0, 0.05) is 24.1 Å². The molecule has 0 saturated heterocycles. The zero-order valence-corrected chi connectivity index (χ0v) is 22.0. The van der Waals surface area contributed by atoms with E-state index in [0.717, 1.165) is 18.1 Å². The highest BCUT2D eigenvalue weighted by molar-refractivity contribution is 7.87. The standard InChI is InChI=1S/C27H28N2O8S/c1-17(2)26(20-8-12-23-24(15-20)36-14-4-13-35-23)28-27(30)19-6-10-22(11-7-19)37-38(33,34)25-16-21(29(31)32)9-5-18(25)3/h5-12,15-17,26H,4,13-14H2,1-3H3,(H,28,30)/t26-/m0/s1. The van der Waals surface area contributed by atoms with Gasteiger partial charge in [0.05, 0.1) is 24.2 Å². The van der Waals surface area contributed by atoms with Gasteiger partial charge in [-0.25, -0.2) is 0 Å². The van der Waals surface area contributed by atoms with Gasteiger partial charge < -0.3 is 19.0 Å². The molecule has 0 aliphatic carbocycles. The van der Waals surface area contributed by atoms with Crippen molar-refractivity contribution < 1.29 is 31.8 Å². The van der Waals surface area contributed by atoms with Crippen molar-refractivity contribution in [3.63, 3.8) is 0 Å². The predicted octanol–water partition coefficient (Wildman–Crippen LogP) is 4.96. The second kappa shape index (κ2) is 11.1. The number of nitrogens with one attached hydrogen (secondary N) is 1. The van der Waals surface area contributed by atoms with Gasteiger partial charge >= 0.3 is 10.1 Å². The Labute approximate surface area is 220 Å². The van der Waals surface area contributed by atoms with Crippen molar-refractivity contribution in [2.75, 3.05) is 13.2 Å². The van der Waals surface area contributed by atoms with Crippen molar-refractivity contribution in [1.82, 2.24) is 5.32 Å². The summed E-state index contributed by atoms with van der Waals surface area (Å²) in [6.07, 6.45) is 0.792. The summed E-state index contributed by atoms with van der Waals surface area (Å²) in [4.78, 5) is 23.1. The largest absolute Gasteiger partial charge is 0.490 e. The molecule has 1 amide bonds. The first-order chi connectivity index (χ1) is 18.0. The fraction of sp³-hybridized carbons (Fsp3) is 0.296. The number of carbonyl (C=O) groups excluding carboxylic acids is 1. The number of hydrogen-bond acceptors (Lipinski definition) is 8. The lowest BCUT2D eigenvalue weighted by Crippen LogP contribution is -2.31. The maximum absolute atomic E-state index is 13.1. The van der Waals surface area contributed by atoms with Crippen LogP contribution in [0.15, 0.2) is 65.6 Å². The van der Waals surface area contributed by atoms with E-state index in [1.807, 2.05) is 32.0 Å². The minimum absolute atomic E-state index is 0.0317. The number of ether oxygens (including phenoxy) is 2. The summed E-state index contributed by atoms with van der Waals surface area (Å²) in [5.74, 6) is 0.998. The third kappa shape index (κ3) is 6.05. The van der Waals surface area contributed by atoms with Crippen LogP contribution in [0, 0.1) is 23.0 Å². The van der Waals surface area contributed by atoms with E-state index in [1.165, 1.54) is 43.3 Å². The van der Waals surface area contributed by atoms with Crippen molar-refractivity contribution in [3.05, 3.63) is 87.5 Å². The van der Waals surface area contributed by atoms with Gasteiger partial charge in [0.2, 0.25) is 0 Å². The van der Waals surface area contributed by atoms with Crippen LogP contribution in [0.2, 0.25) is 0 Å². The van der Waals surface area contributed by atoms with Crippen LogP contribution in [-0.2, 0) is 10.1 Å². The van der Waals surface area contributed by atoms with Crippen LogP contribution in [0.4, 0.5) is 5.69 Å². The van der Waals surface area contributed by atoms with Crippen molar-refractivity contribution in [1.29, 1.82) is 0 Å². The number of nitro groups is 1. The SMILES string of the molecule is Cc1ccc([N+](=O)[O-])cc1S(=O)(=O)Oc1ccc(C(=O)N[C@H](c2ccc3c(c2)OCCCO3)C(C)C)cc1. The molecule has 0 bridgehead atoms. The molecule has 1 heterocycles. The molecule has 3 aromatic carbocycles. The number of hydrogen-bond donors (Lipinski definition) is 1. The van der Waals surface area contributed by atoms with Gasteiger partial charge in [0.25, 0.3) is 11.6 Å². The third-order valence-corrected chi connectivity index (χ3v) is 7.45. The van der Waals surface area contributed by atoms with E-state index >= 15 is 0 Å². The molecule has 1 aliphatic heterocycles. The van der Waals surface area contributed by atoms with Gasteiger partial charge in [-0.15, -0.1) is 0 Å². The van der Waals surface area contributed by atoms with Crippen LogP contribution in [-0.4, -0.2) is 32.5 Å². The molecule has 38 heavy (non-hydrogen) atoms. The molecule has 10 nitrogen and oxygen atoms in total. The number of aryl methyl sites for hydroxylation is 1. The number of fused-ring (bicyclic) bond motifs is 1. The van der Waals surface area contributed by atoms with Gasteiger partial charge in [0.15, 0.2) is 11.5 Å². The molecular formula is C27H28N2O8S. The monoisotopic (exact) mass is 540 g/mol. The van der Waals surface area contributed by atoms with E-state index in [9.17, 15) is 23.3 Å². The Morgan fingerprint density at radius 2 is 1.68 bits per heavy atom. The number of nitro benzene ring substituents is 1. The zero-order chi connectivity index (χ0) is 27.4. The maximum atomic E-state index is 13.1. The van der Waals surface area contributed by atoms with Crippen LogP contribution in [0.3, 0.4) is 0 Å². The molecule has 0 aromatic heterocycles. The van der Waals surface area contributed by atoms with Gasteiger partial charge in [-0.05, 0) is 60.4 Å². The smallest absolute Gasteiger partial charge is 0.339 e. The lowest BCUT2D eigenvalue weighted by atomic mass is 9.95. The molecule has 0 radical (unpaired) electrons. The predicted molar refractivity (Wildman–Crippen MR) is 139 cm³/mol. The maximum Gasteiger partial charge on any atom is 0.339 e. The summed E-state index contributed by atoms with van der Waals surface area (Å²) in [7, 11) is -4.34. The van der Waals surface area contributed by atoms with E-state index in [4.69, 9.17) is 13.7 Å². The lowest BCUT2D eigenvalue weighted by Gasteiger charge is -2.24. The Morgan fingerprint density at radius 3 is 2.34 bits per heavy atom. The molecule has 1 aliphatic rings. The number of amides is 1. The van der Waals surface area contributed by atoms with Gasteiger partial charge in [0.1, 0.15) is 10.6 Å². The van der Waals surface area contributed by atoms with E-state index in [2.05, 4.69) is 5.32 Å². The second-order valence-corrected chi connectivity index (χ2v) is 10.7. The van der Waals surface area contributed by atoms with Gasteiger partial charge in [-0.3, -0.25) is 14.9 Å². The fourth-order valence-electron chi connectivity index (χ4n) is 4.04. The Morgan fingerprint density at radius 1 is 1.00 bits per heavy atom. The number of benzene rings is 3. The average molecular weight is 541 g/mol. The summed E-state index contributed by atoms with van der Waals surface area (Å²) in [5, 5.41) is 14.1. The lowest BCUT2D eigenvalue weighted by molar-refractivity contribution is -0.385. The normalized spacial score (nSPS) is 13.9. The summed E-state index contributed by atoms with van der Waals surface area (Å²) in [6.45, 7) is 6.64. The summed E-state index contributed by atoms with van der Waals surface area (Å²) in [6, 6.07) is 14.4. The van der Waals surface area contributed by atoms with Gasteiger partial charge in [-0.2, -0.15) is 8.42 Å². The zero-order valence-electron chi connectivity index (χ0n) is 21.2. The van der Waals surface area contributed by atoms with E-state index in [1.54, 1.807) is 0 Å². The minimum atomic E-state index is -4.34. The summed E-state index contributed by atoms with van der Waals surface area (Å²) >= 11 is 0. The number of carbonyl (C=O) groups is 1. The minimum Gasteiger partial charge on any atom is -0.490 e. The highest BCUT2D eigenvalue weighted by Gasteiger charge is 2.24. The highest BCUT2D eigenvalue weighted by Crippen LogP contribution is 2.34. The first kappa shape index (κ1) is 26.9. The van der Waals surface area contributed by atoms with Crippen LogP contribution in [0.1, 0.15) is 47.8 Å². The topological polar surface area (TPSA) is 134 Å². The average Bonchev–Trinajstić information content (AvgIpc) is 3.12. The Kier molecular flexibility index (Phi) is 7.86. The third-order valence-electron chi connectivity index (χ3n) is 6.06. The molecule has 3 aromatic rings. The molecule has 4 rings (SSSR count). The van der Waals surface area contributed by atoms with Crippen molar-refractivity contribution >= 4 is 21.7 Å². The molecular weight excluding hydrogens is 512 g/mol. The molecule has 0 spiro atoms. The van der Waals surface area contributed by atoms with Crippen molar-refractivity contribution in [2.45, 2.75) is 38.1 Å². The Hall–Kier alpha value is -4.12. The quantitative estimate of drug-likeness (QED) is 0.241. The molecule has 200 valence electrons.